The Morgan fingerprint density at radius 2 is 2.09 bits per heavy atom. The summed E-state index contributed by atoms with van der Waals surface area (Å²) in [6, 6.07) is 7.82. The molecular weight excluding hydrogens is 308 g/mol. The molecule has 23 heavy (non-hydrogen) atoms. The fraction of sp³-hybridized carbons (Fsp3) is 0.444. The highest BCUT2D eigenvalue weighted by Crippen LogP contribution is 2.29. The number of nitrogens with zero attached hydrogens (tertiary/aromatic N) is 1. The van der Waals surface area contributed by atoms with Crippen molar-refractivity contribution >= 4 is 22.4 Å². The second-order valence-corrected chi connectivity index (χ2v) is 6.89. The van der Waals surface area contributed by atoms with Crippen LogP contribution in [0.25, 0.3) is 0 Å². The van der Waals surface area contributed by atoms with Crippen molar-refractivity contribution in [2.45, 2.75) is 44.9 Å². The topological polar surface area (TPSA) is 51.2 Å². The first-order valence-corrected chi connectivity index (χ1v) is 8.98. The lowest BCUT2D eigenvalue weighted by Crippen LogP contribution is -2.12. The number of thiazole rings is 1. The number of benzene rings is 1. The standard InChI is InChI=1S/C18H22N2O2S/c1-22-15-9-6-5-7-13(15)11-12-17(21)20-18-19-14-8-3-2-4-10-16(14)23-18/h5-7,9H,2-4,8,10-12H2,1H3,(H,19,20,21). The van der Waals surface area contributed by atoms with Gasteiger partial charge in [-0.25, -0.2) is 4.98 Å². The summed E-state index contributed by atoms with van der Waals surface area (Å²) in [5.74, 6) is 0.848. The van der Waals surface area contributed by atoms with E-state index in [1.807, 2.05) is 24.3 Å². The summed E-state index contributed by atoms with van der Waals surface area (Å²) in [5, 5.41) is 3.71. The van der Waals surface area contributed by atoms with Crippen molar-refractivity contribution in [1.29, 1.82) is 0 Å². The van der Waals surface area contributed by atoms with Crippen molar-refractivity contribution in [3.8, 4) is 5.75 Å². The Bertz CT molecular complexity index is 658. The Labute approximate surface area is 140 Å². The van der Waals surface area contributed by atoms with Crippen molar-refractivity contribution in [3.05, 3.63) is 40.4 Å². The van der Waals surface area contributed by atoms with Crippen LogP contribution in [0.5, 0.6) is 5.75 Å². The van der Waals surface area contributed by atoms with E-state index in [4.69, 9.17) is 4.74 Å². The van der Waals surface area contributed by atoms with Gasteiger partial charge in [0.1, 0.15) is 5.75 Å². The van der Waals surface area contributed by atoms with Crippen LogP contribution in [-0.4, -0.2) is 18.0 Å². The predicted octanol–water partition coefficient (Wildman–Crippen LogP) is 3.99. The molecule has 0 saturated heterocycles. The van der Waals surface area contributed by atoms with Crippen LogP contribution in [0.3, 0.4) is 0 Å². The third kappa shape index (κ3) is 4.10. The number of amides is 1. The number of hydrogen-bond acceptors (Lipinski definition) is 4. The molecule has 0 radical (unpaired) electrons. The number of ether oxygens (including phenoxy) is 1. The lowest BCUT2D eigenvalue weighted by Gasteiger charge is -2.07. The number of aryl methyl sites for hydroxylation is 3. The number of carbonyl (C=O) groups is 1. The monoisotopic (exact) mass is 330 g/mol. The molecule has 0 bridgehead atoms. The minimum Gasteiger partial charge on any atom is -0.496 e. The van der Waals surface area contributed by atoms with Gasteiger partial charge in [0.25, 0.3) is 0 Å². The lowest BCUT2D eigenvalue weighted by molar-refractivity contribution is -0.116. The molecule has 0 spiro atoms. The first-order valence-electron chi connectivity index (χ1n) is 8.16. The molecule has 0 unspecified atom stereocenters. The molecule has 0 aliphatic heterocycles. The van der Waals surface area contributed by atoms with Crippen LogP contribution in [0.4, 0.5) is 5.13 Å². The van der Waals surface area contributed by atoms with Gasteiger partial charge in [0.05, 0.1) is 12.8 Å². The van der Waals surface area contributed by atoms with E-state index in [0.717, 1.165) is 29.3 Å². The molecule has 0 fully saturated rings. The van der Waals surface area contributed by atoms with Crippen LogP contribution in [0, 0.1) is 0 Å². The number of fused-ring (bicyclic) bond motifs is 1. The number of methoxy groups -OCH3 is 1. The smallest absolute Gasteiger partial charge is 0.226 e. The van der Waals surface area contributed by atoms with Gasteiger partial charge in [0.2, 0.25) is 5.91 Å². The number of rotatable bonds is 5. The lowest BCUT2D eigenvalue weighted by atomic mass is 10.1. The second kappa shape index (κ2) is 7.59. The summed E-state index contributed by atoms with van der Waals surface area (Å²) in [4.78, 5) is 18.1. The van der Waals surface area contributed by atoms with Gasteiger partial charge in [-0.05, 0) is 43.7 Å². The highest BCUT2D eigenvalue weighted by molar-refractivity contribution is 7.15. The van der Waals surface area contributed by atoms with E-state index < -0.39 is 0 Å². The molecule has 122 valence electrons. The van der Waals surface area contributed by atoms with Gasteiger partial charge in [-0.15, -0.1) is 11.3 Å². The highest BCUT2D eigenvalue weighted by Gasteiger charge is 2.15. The maximum absolute atomic E-state index is 12.2. The Hall–Kier alpha value is -1.88. The normalized spacial score (nSPS) is 14.0. The SMILES string of the molecule is COc1ccccc1CCC(=O)Nc1nc2c(s1)CCCCC2. The summed E-state index contributed by atoms with van der Waals surface area (Å²) < 4.78 is 5.32. The Balaban J connectivity index is 1.57. The maximum Gasteiger partial charge on any atom is 0.226 e. The molecule has 1 N–H and O–H groups in total. The number of aromatic nitrogens is 1. The molecule has 1 heterocycles. The fourth-order valence-electron chi connectivity index (χ4n) is 2.92. The van der Waals surface area contributed by atoms with E-state index >= 15 is 0 Å². The summed E-state index contributed by atoms with van der Waals surface area (Å²) in [5.41, 5.74) is 2.24. The molecule has 5 heteroatoms. The van der Waals surface area contributed by atoms with E-state index in [1.54, 1.807) is 18.4 Å². The van der Waals surface area contributed by atoms with Crippen molar-refractivity contribution in [1.82, 2.24) is 4.98 Å². The molecular formula is C18H22N2O2S. The quantitative estimate of drug-likeness (QED) is 0.843. The zero-order valence-electron chi connectivity index (χ0n) is 13.4. The molecule has 0 atom stereocenters. The molecule has 1 aromatic heterocycles. The largest absolute Gasteiger partial charge is 0.496 e. The van der Waals surface area contributed by atoms with Crippen molar-refractivity contribution in [2.75, 3.05) is 12.4 Å². The summed E-state index contributed by atoms with van der Waals surface area (Å²) in [7, 11) is 1.65. The number of anilines is 1. The number of hydrogen-bond donors (Lipinski definition) is 1. The third-order valence-electron chi connectivity index (χ3n) is 4.16. The molecule has 4 nitrogen and oxygen atoms in total. The molecule has 1 amide bonds. The second-order valence-electron chi connectivity index (χ2n) is 5.81. The number of carbonyl (C=O) groups excluding carboxylic acids is 1. The van der Waals surface area contributed by atoms with Gasteiger partial charge in [0.15, 0.2) is 5.13 Å². The van der Waals surface area contributed by atoms with Crippen LogP contribution < -0.4 is 10.1 Å². The summed E-state index contributed by atoms with van der Waals surface area (Å²) in [6.07, 6.45) is 6.97. The minimum atomic E-state index is 0.0137. The van der Waals surface area contributed by atoms with Gasteiger partial charge in [0, 0.05) is 11.3 Å². The number of nitrogens with one attached hydrogen (secondary N) is 1. The predicted molar refractivity (Wildman–Crippen MR) is 93.3 cm³/mol. The molecule has 1 aliphatic carbocycles. The molecule has 2 aromatic rings. The van der Waals surface area contributed by atoms with Crippen LogP contribution in [0.15, 0.2) is 24.3 Å². The summed E-state index contributed by atoms with van der Waals surface area (Å²) >= 11 is 1.64. The average molecular weight is 330 g/mol. The van der Waals surface area contributed by atoms with Crippen molar-refractivity contribution in [3.63, 3.8) is 0 Å². The van der Waals surface area contributed by atoms with Crippen LogP contribution in [0.2, 0.25) is 0 Å². The first kappa shape index (κ1) is 16.0. The Kier molecular flexibility index (Phi) is 5.28. The van der Waals surface area contributed by atoms with Gasteiger partial charge in [-0.1, -0.05) is 24.6 Å². The van der Waals surface area contributed by atoms with Gasteiger partial charge >= 0.3 is 0 Å². The zero-order chi connectivity index (χ0) is 16.1. The van der Waals surface area contributed by atoms with Gasteiger partial charge < -0.3 is 10.1 Å². The molecule has 1 aromatic carbocycles. The number of para-hydroxylation sites is 1. The van der Waals surface area contributed by atoms with Gasteiger partial charge in [-0.3, -0.25) is 4.79 Å². The van der Waals surface area contributed by atoms with Crippen molar-refractivity contribution < 1.29 is 9.53 Å². The maximum atomic E-state index is 12.2. The van der Waals surface area contributed by atoms with E-state index in [0.29, 0.717) is 12.8 Å². The van der Waals surface area contributed by atoms with E-state index in [1.165, 1.54) is 29.8 Å². The highest BCUT2D eigenvalue weighted by atomic mass is 32.1. The Morgan fingerprint density at radius 1 is 1.26 bits per heavy atom. The van der Waals surface area contributed by atoms with Crippen LogP contribution in [0.1, 0.15) is 41.8 Å². The van der Waals surface area contributed by atoms with Gasteiger partial charge in [-0.2, -0.15) is 0 Å². The summed E-state index contributed by atoms with van der Waals surface area (Å²) in [6.45, 7) is 0. The van der Waals surface area contributed by atoms with E-state index in [-0.39, 0.29) is 5.91 Å². The van der Waals surface area contributed by atoms with Crippen LogP contribution in [-0.2, 0) is 24.1 Å². The van der Waals surface area contributed by atoms with E-state index in [9.17, 15) is 4.79 Å². The molecule has 1 aliphatic rings. The zero-order valence-corrected chi connectivity index (χ0v) is 14.2. The third-order valence-corrected chi connectivity index (χ3v) is 5.23. The van der Waals surface area contributed by atoms with E-state index in [2.05, 4.69) is 10.3 Å². The Morgan fingerprint density at radius 3 is 2.96 bits per heavy atom. The molecule has 3 rings (SSSR count). The molecule has 0 saturated carbocycles. The van der Waals surface area contributed by atoms with Crippen molar-refractivity contribution in [2.24, 2.45) is 0 Å². The average Bonchev–Trinajstić information content (AvgIpc) is 2.81. The minimum absolute atomic E-state index is 0.0137. The van der Waals surface area contributed by atoms with Crippen LogP contribution >= 0.6 is 11.3 Å². The first-order chi connectivity index (χ1) is 11.3. The fourth-order valence-corrected chi connectivity index (χ4v) is 3.99.